The fraction of sp³-hybridized carbons (Fsp3) is 0.400. The molecule has 7 amide bonds. The zero-order valence-electron chi connectivity index (χ0n) is 43.8. The number of nitrogens with one attached hydrogen (secondary N) is 7. The van der Waals surface area contributed by atoms with Gasteiger partial charge in [-0.05, 0) is 51.7 Å². The van der Waals surface area contributed by atoms with E-state index in [1.165, 1.54) is 35.2 Å². The van der Waals surface area contributed by atoms with Crippen LogP contribution in [0.25, 0.3) is 0 Å². The van der Waals surface area contributed by atoms with Gasteiger partial charge < -0.3 is 116 Å². The summed E-state index contributed by atoms with van der Waals surface area (Å²) in [6.07, 6.45) is 3.44. The molecule has 0 atom stereocenters. The van der Waals surface area contributed by atoms with E-state index in [0.29, 0.717) is 0 Å². The molecule has 0 fully saturated rings. The zero-order valence-corrected chi connectivity index (χ0v) is 87.2. The SMILES string of the molecule is C.C.C.C.CN.CN.CNC(=O)[CH-]NC(=O)CC(=O)N[CH-]C(=O)NC.CNC(=O)[CH-]NC(=O)CC(=O)N[CH-]C(=O)OC.CO.CO.O=c1[cH-]nc(Cc2n[cH-]c(=O)o2)o1.O=c1[cH-]nc(Cc2n[cH-]c(=O)o2)o1.[Re].[Re].[Re].[Re].[Re].[Re].[Re].[Re].[Re].[Re].[Re].[Re].[Re].[Re].[Re].[Re]. The van der Waals surface area contributed by atoms with Crippen molar-refractivity contribution < 1.29 is 398 Å². The van der Waals surface area contributed by atoms with Crippen LogP contribution >= 0.6 is 0 Å². The molecular formula is C40H69N13O19Re16-8. The Morgan fingerprint density at radius 1 is 0.398 bits per heavy atom. The van der Waals surface area contributed by atoms with Crippen LogP contribution in [0.5, 0.6) is 0 Å². The Morgan fingerprint density at radius 2 is 0.568 bits per heavy atom. The van der Waals surface area contributed by atoms with Crippen LogP contribution in [0.3, 0.4) is 0 Å². The molecule has 4 aromatic rings. The molecule has 16 radical (unpaired) electrons. The summed E-state index contributed by atoms with van der Waals surface area (Å²) in [6.45, 7) is 3.48. The summed E-state index contributed by atoms with van der Waals surface area (Å²) in [6, 6.07) is 0. The van der Waals surface area contributed by atoms with E-state index in [2.05, 4.69) is 91.0 Å². The summed E-state index contributed by atoms with van der Waals surface area (Å²) in [4.78, 5) is 144. The maximum atomic E-state index is 11.1. The number of rotatable bonds is 16. The molecule has 0 bridgehead atoms. The predicted molar refractivity (Wildman–Crippen MR) is 256 cm³/mol. The van der Waals surface area contributed by atoms with Crippen LogP contribution in [0.15, 0.2) is 61.6 Å². The summed E-state index contributed by atoms with van der Waals surface area (Å²) < 4.78 is 22.7. The zero-order chi connectivity index (χ0) is 53.0. The fourth-order valence-corrected chi connectivity index (χ4v) is 3.11. The molecule has 528 valence electrons. The van der Waals surface area contributed by atoms with Gasteiger partial charge >= 0.3 is 0 Å². The van der Waals surface area contributed by atoms with E-state index in [-0.39, 0.29) is 393 Å². The van der Waals surface area contributed by atoms with Gasteiger partial charge in [-0.15, -0.1) is 0 Å². The molecule has 0 aliphatic carbocycles. The third kappa shape index (κ3) is 98.8. The first-order valence-electron chi connectivity index (χ1n) is 18.2. The van der Waals surface area contributed by atoms with Gasteiger partial charge in [-0.2, -0.15) is 6.54 Å². The molecule has 88 heavy (non-hydrogen) atoms. The number of hydrogen-bond donors (Lipinski definition) is 11. The van der Waals surface area contributed by atoms with E-state index in [0.717, 1.165) is 72.3 Å². The minimum absolute atomic E-state index is 0. The molecule has 0 saturated carbocycles. The van der Waals surface area contributed by atoms with Crippen LogP contribution in [0, 0.1) is 26.2 Å². The molecule has 48 heteroatoms. The number of nitrogens with zero attached hydrogens (tertiary/aromatic N) is 4. The topological polar surface area (TPSA) is 495 Å². The van der Waals surface area contributed by atoms with Crippen LogP contribution in [-0.2, 0) is 383 Å². The van der Waals surface area contributed by atoms with Crippen LogP contribution in [0.2, 0.25) is 0 Å². The number of hydrogen-bond acceptors (Lipinski definition) is 25. The smallest absolute Gasteiger partial charge is 0.254 e. The number of carbonyl (C=O) groups is 8. The van der Waals surface area contributed by atoms with E-state index in [1.54, 1.807) is 0 Å². The van der Waals surface area contributed by atoms with E-state index >= 15 is 0 Å². The number of methoxy groups -OCH3 is 1. The summed E-state index contributed by atoms with van der Waals surface area (Å²) in [5.74, 6) is -4.16. The van der Waals surface area contributed by atoms with Crippen molar-refractivity contribution in [2.45, 2.75) is 55.4 Å². The summed E-state index contributed by atoms with van der Waals surface area (Å²) >= 11 is 0. The number of aromatic nitrogens is 4. The minimum Gasteiger partial charge on any atom is -0.516 e. The minimum atomic E-state index is -0.740. The van der Waals surface area contributed by atoms with Gasteiger partial charge in [0, 0.05) is 386 Å². The molecule has 32 nitrogen and oxygen atoms in total. The molecule has 0 aliphatic heterocycles. The molecule has 0 spiro atoms. The van der Waals surface area contributed by atoms with Crippen LogP contribution in [0.4, 0.5) is 0 Å². The van der Waals surface area contributed by atoms with Crippen molar-refractivity contribution in [1.29, 1.82) is 0 Å². The number of carbonyl (C=O) groups excluding carboxylic acids is 8. The second-order valence-corrected chi connectivity index (χ2v) is 10.2. The van der Waals surface area contributed by atoms with E-state index < -0.39 is 82.7 Å². The third-order valence-corrected chi connectivity index (χ3v) is 5.76. The van der Waals surface area contributed by atoms with Gasteiger partial charge in [0.15, 0.2) is 5.97 Å². The maximum Gasteiger partial charge on any atom is 0.254 e. The summed E-state index contributed by atoms with van der Waals surface area (Å²) in [5.41, 5.74) is 6.90. The van der Waals surface area contributed by atoms with Gasteiger partial charge in [0.1, 0.15) is 30.6 Å². The molecule has 4 heterocycles. The Labute approximate surface area is 731 Å². The largest absolute Gasteiger partial charge is 0.516 e. The molecule has 0 aromatic carbocycles. The van der Waals surface area contributed by atoms with Crippen molar-refractivity contribution in [2.24, 2.45) is 11.5 Å². The second kappa shape index (κ2) is 113. The number of aliphatic hydroxyl groups is 2. The van der Waals surface area contributed by atoms with Gasteiger partial charge in [0.05, 0.1) is 7.11 Å². The molecule has 13 N–H and O–H groups in total. The normalized spacial score (nSPS) is 6.68. The number of amides is 7. The number of ether oxygens (including phenoxy) is 1. The fourth-order valence-electron chi connectivity index (χ4n) is 3.11. The molecule has 0 aliphatic rings. The molecule has 0 saturated heterocycles. The molecule has 4 aromatic heterocycles. The standard InChI is InChI=1S/C9H14N4O4.C9H13N3O5.2C7H4N2O4.2CH5N.2CH4O.4CH4.16Re/c1-10-8(16)4-12-6(14)3-7(15)13-5-9(17)11-2;1-10-8(15)4-11-6(13)3-7(14)12-5-9(16)17-2;2*10-6-2-8-4(12-6)1-5-9-3-7(11)13-5;4*1-2;;;;;;;;;;;;;;;;;;;;/h4-5H,3H2,1-2H3,(H,10,16)(H,11,17)(H,12,14)(H,13,15);4-5H,3H2,1-2H3,(H,10,15)(H,11,13)(H,12,14);2*2-3H,1H2;2*2H2,1H3;2*2H,1H3;4*1H4;;;;;;;;;;;;;;;;/q4*-2;;;;;;;;;;;;;;;;;;;;;;;;. The number of aliphatic hydroxyl groups excluding tert-OH is 2. The number of likely N-dealkylation sites (N-methyl/N-ethyl adjacent to an activating group) is 3. The maximum absolute atomic E-state index is 11.1. The quantitative estimate of drug-likeness (QED) is 0.0284. The van der Waals surface area contributed by atoms with Gasteiger partial charge in [0.25, 0.3) is 22.5 Å². The molecule has 4 rings (SSSR count). The van der Waals surface area contributed by atoms with Crippen LogP contribution < -0.4 is 71.2 Å². The van der Waals surface area contributed by atoms with Crippen molar-refractivity contribution in [3.63, 3.8) is 0 Å². The van der Waals surface area contributed by atoms with Crippen molar-refractivity contribution in [2.75, 3.05) is 56.6 Å². The first-order valence-corrected chi connectivity index (χ1v) is 18.2. The Morgan fingerprint density at radius 3 is 0.705 bits per heavy atom. The number of nitrogens with two attached hydrogens (primary N) is 2. The monoisotopic (exact) mass is 4030 g/mol. The van der Waals surface area contributed by atoms with Crippen molar-refractivity contribution >= 4 is 47.3 Å². The van der Waals surface area contributed by atoms with Crippen molar-refractivity contribution in [3.8, 4) is 0 Å². The van der Waals surface area contributed by atoms with E-state index in [1.807, 2.05) is 0 Å². The Hall–Kier alpha value is 1.72. The van der Waals surface area contributed by atoms with Gasteiger partial charge in [-0.1, -0.05) is 29.7 Å². The number of oxazole rings is 4. The van der Waals surface area contributed by atoms with E-state index in [9.17, 15) is 57.5 Å². The van der Waals surface area contributed by atoms with Crippen molar-refractivity contribution in [3.05, 3.63) is 116 Å². The number of esters is 1. The average molecular weight is 4020 g/mol. The second-order valence-electron chi connectivity index (χ2n) is 10.2. The molecular weight excluding hydrogens is 3950 g/mol. The third-order valence-electron chi connectivity index (χ3n) is 5.76. The van der Waals surface area contributed by atoms with Crippen molar-refractivity contribution in [1.82, 2.24) is 57.2 Å². The van der Waals surface area contributed by atoms with Crippen LogP contribution in [-0.4, -0.2) is 134 Å². The first kappa shape index (κ1) is 164. The van der Waals surface area contributed by atoms with Gasteiger partial charge in [-0.25, -0.2) is 19.6 Å². The van der Waals surface area contributed by atoms with E-state index in [4.69, 9.17) is 10.2 Å². The molecule has 0 unspecified atom stereocenters. The Kier molecular flexibility index (Phi) is 210. The predicted octanol–water partition coefficient (Wildman–Crippen LogP) is -5.03. The van der Waals surface area contributed by atoms with Crippen LogP contribution in [0.1, 0.15) is 66.1 Å². The van der Waals surface area contributed by atoms with Gasteiger partial charge in [-0.3, -0.25) is 43.2 Å². The Balaban J connectivity index is -0.0000000253. The summed E-state index contributed by atoms with van der Waals surface area (Å²) in [7, 11) is 10.3. The van der Waals surface area contributed by atoms with Gasteiger partial charge in [0.2, 0.25) is 23.6 Å². The first-order chi connectivity index (χ1) is 32.5. The Bertz CT molecular complexity index is 2020. The summed E-state index contributed by atoms with van der Waals surface area (Å²) in [5, 5.41) is 29.1. The average Bonchev–Trinajstić information content (AvgIpc) is 4.18.